The topological polar surface area (TPSA) is 85.9 Å². The number of carbonyl (C=O) groups excluding carboxylic acids is 2. The lowest BCUT2D eigenvalue weighted by molar-refractivity contribution is -0.139. The summed E-state index contributed by atoms with van der Waals surface area (Å²) in [5, 5.41) is 6.96. The van der Waals surface area contributed by atoms with Crippen molar-refractivity contribution >= 4 is 23.5 Å². The Morgan fingerprint density at radius 1 is 1.13 bits per heavy atom. The first-order valence-electron chi connectivity index (χ1n) is 10.5. The van der Waals surface area contributed by atoms with Crippen molar-refractivity contribution in [1.29, 1.82) is 0 Å². The number of piperidine rings is 1. The highest BCUT2D eigenvalue weighted by Gasteiger charge is 2.39. The van der Waals surface area contributed by atoms with E-state index in [0.29, 0.717) is 33.1 Å². The van der Waals surface area contributed by atoms with E-state index in [-0.39, 0.29) is 19.3 Å². The first kappa shape index (κ1) is 23.3. The SMILES string of the molecule is CCOC(=O)C1=C(COC2CCNCC2)NC(C)=C(C(=O)OC)C1c1ccccc1Cl. The molecule has 0 amide bonds. The van der Waals surface area contributed by atoms with Crippen LogP contribution in [0.1, 0.15) is 38.2 Å². The number of rotatable bonds is 7. The summed E-state index contributed by atoms with van der Waals surface area (Å²) >= 11 is 6.50. The summed E-state index contributed by atoms with van der Waals surface area (Å²) in [7, 11) is 1.32. The number of nitrogens with one attached hydrogen (secondary N) is 2. The Labute approximate surface area is 187 Å². The normalized spacial score (nSPS) is 19.8. The van der Waals surface area contributed by atoms with E-state index in [1.807, 2.05) is 6.07 Å². The van der Waals surface area contributed by atoms with E-state index in [1.54, 1.807) is 32.0 Å². The Morgan fingerprint density at radius 2 is 1.84 bits per heavy atom. The van der Waals surface area contributed by atoms with Crippen LogP contribution >= 0.6 is 11.6 Å². The lowest BCUT2D eigenvalue weighted by Crippen LogP contribution is -2.37. The number of benzene rings is 1. The third-order valence-corrected chi connectivity index (χ3v) is 5.86. The van der Waals surface area contributed by atoms with E-state index in [1.165, 1.54) is 7.11 Å². The molecule has 2 aliphatic heterocycles. The molecule has 0 aliphatic carbocycles. The third kappa shape index (κ3) is 5.29. The smallest absolute Gasteiger partial charge is 0.336 e. The van der Waals surface area contributed by atoms with Crippen LogP contribution in [0.25, 0.3) is 0 Å². The Balaban J connectivity index is 2.08. The molecule has 0 saturated carbocycles. The highest BCUT2D eigenvalue weighted by atomic mass is 35.5. The first-order valence-corrected chi connectivity index (χ1v) is 10.9. The van der Waals surface area contributed by atoms with Crippen molar-refractivity contribution in [2.45, 2.75) is 38.7 Å². The number of hydrogen-bond acceptors (Lipinski definition) is 7. The highest BCUT2D eigenvalue weighted by Crippen LogP contribution is 2.42. The average molecular weight is 449 g/mol. The number of carbonyl (C=O) groups is 2. The lowest BCUT2D eigenvalue weighted by atomic mass is 9.80. The largest absolute Gasteiger partial charge is 0.466 e. The van der Waals surface area contributed by atoms with Crippen LogP contribution in [0.2, 0.25) is 5.02 Å². The van der Waals surface area contributed by atoms with Crippen LogP contribution in [0.4, 0.5) is 0 Å². The summed E-state index contributed by atoms with van der Waals surface area (Å²) in [6.45, 7) is 5.72. The zero-order chi connectivity index (χ0) is 22.4. The van der Waals surface area contributed by atoms with Crippen molar-refractivity contribution < 1.29 is 23.8 Å². The second-order valence-corrected chi connectivity index (χ2v) is 7.89. The molecule has 1 saturated heterocycles. The number of halogens is 1. The van der Waals surface area contributed by atoms with Crippen molar-refractivity contribution in [2.24, 2.45) is 0 Å². The summed E-state index contributed by atoms with van der Waals surface area (Å²) in [6.07, 6.45) is 1.90. The predicted octanol–water partition coefficient (Wildman–Crippen LogP) is 3.06. The van der Waals surface area contributed by atoms with Crippen LogP contribution < -0.4 is 10.6 Å². The van der Waals surface area contributed by atoms with E-state index >= 15 is 0 Å². The molecule has 168 valence electrons. The van der Waals surface area contributed by atoms with Crippen LogP contribution in [0.5, 0.6) is 0 Å². The number of esters is 2. The molecule has 7 nitrogen and oxygen atoms in total. The molecule has 0 aromatic heterocycles. The molecule has 1 atom stereocenters. The van der Waals surface area contributed by atoms with E-state index < -0.39 is 17.9 Å². The van der Waals surface area contributed by atoms with Gasteiger partial charge in [-0.25, -0.2) is 9.59 Å². The summed E-state index contributed by atoms with van der Waals surface area (Å²) < 4.78 is 16.5. The minimum Gasteiger partial charge on any atom is -0.466 e. The molecule has 3 rings (SSSR count). The Hall–Kier alpha value is -2.35. The number of ether oxygens (including phenoxy) is 3. The number of dihydropyridines is 1. The number of methoxy groups -OCH3 is 1. The Bertz CT molecular complexity index is 890. The van der Waals surface area contributed by atoms with Crippen LogP contribution in [0.15, 0.2) is 46.8 Å². The molecule has 2 heterocycles. The standard InChI is InChI=1S/C23H29ClN2O5/c1-4-30-23(28)21-18(13-31-15-9-11-25-12-10-15)26-14(2)19(22(27)29-3)20(21)16-7-5-6-8-17(16)24/h5-8,15,20,25-26H,4,9-13H2,1-3H3. The molecule has 2 N–H and O–H groups in total. The number of hydrogen-bond donors (Lipinski definition) is 2. The van der Waals surface area contributed by atoms with Gasteiger partial charge in [0.2, 0.25) is 0 Å². The molecular weight excluding hydrogens is 420 g/mol. The fourth-order valence-electron chi connectivity index (χ4n) is 4.02. The maximum absolute atomic E-state index is 13.1. The highest BCUT2D eigenvalue weighted by molar-refractivity contribution is 6.31. The van der Waals surface area contributed by atoms with Gasteiger partial charge >= 0.3 is 11.9 Å². The molecular formula is C23H29ClN2O5. The second-order valence-electron chi connectivity index (χ2n) is 7.48. The van der Waals surface area contributed by atoms with Crippen LogP contribution in [0.3, 0.4) is 0 Å². The van der Waals surface area contributed by atoms with Gasteiger partial charge in [0.25, 0.3) is 0 Å². The van der Waals surface area contributed by atoms with Gasteiger partial charge in [-0.05, 0) is 51.4 Å². The van der Waals surface area contributed by atoms with Crippen LogP contribution in [-0.2, 0) is 23.8 Å². The number of allylic oxidation sites excluding steroid dienone is 1. The van der Waals surface area contributed by atoms with E-state index in [9.17, 15) is 9.59 Å². The van der Waals surface area contributed by atoms with Gasteiger partial charge in [0, 0.05) is 10.7 Å². The quantitative estimate of drug-likeness (QED) is 0.620. The monoisotopic (exact) mass is 448 g/mol. The predicted molar refractivity (Wildman–Crippen MR) is 118 cm³/mol. The summed E-state index contributed by atoms with van der Waals surface area (Å²) in [5.41, 5.74) is 2.44. The molecule has 1 fully saturated rings. The molecule has 0 bridgehead atoms. The van der Waals surface area contributed by atoms with E-state index in [2.05, 4.69) is 10.6 Å². The summed E-state index contributed by atoms with van der Waals surface area (Å²) in [4.78, 5) is 25.8. The lowest BCUT2D eigenvalue weighted by Gasteiger charge is -2.32. The van der Waals surface area contributed by atoms with Crippen LogP contribution in [-0.4, -0.2) is 51.5 Å². The van der Waals surface area contributed by atoms with Gasteiger partial charge in [0.15, 0.2) is 0 Å². The van der Waals surface area contributed by atoms with Gasteiger partial charge < -0.3 is 24.8 Å². The van der Waals surface area contributed by atoms with Gasteiger partial charge in [-0.15, -0.1) is 0 Å². The first-order chi connectivity index (χ1) is 15.0. The molecule has 0 spiro atoms. The van der Waals surface area contributed by atoms with Gasteiger partial charge in [0.05, 0.1) is 49.2 Å². The van der Waals surface area contributed by atoms with Crippen molar-refractivity contribution in [3.63, 3.8) is 0 Å². The fraction of sp³-hybridized carbons (Fsp3) is 0.478. The van der Waals surface area contributed by atoms with E-state index in [0.717, 1.165) is 25.9 Å². The average Bonchev–Trinajstić information content (AvgIpc) is 2.78. The summed E-state index contributed by atoms with van der Waals surface area (Å²) in [5.74, 6) is -1.78. The van der Waals surface area contributed by atoms with Crippen molar-refractivity contribution in [3.8, 4) is 0 Å². The molecule has 1 aromatic carbocycles. The van der Waals surface area contributed by atoms with Gasteiger partial charge in [0.1, 0.15) is 0 Å². The van der Waals surface area contributed by atoms with Crippen molar-refractivity contribution in [2.75, 3.05) is 33.4 Å². The fourth-order valence-corrected chi connectivity index (χ4v) is 4.27. The molecule has 2 aliphatic rings. The van der Waals surface area contributed by atoms with Gasteiger partial charge in [-0.3, -0.25) is 0 Å². The minimum atomic E-state index is -0.729. The Morgan fingerprint density at radius 3 is 2.48 bits per heavy atom. The zero-order valence-corrected chi connectivity index (χ0v) is 18.9. The van der Waals surface area contributed by atoms with E-state index in [4.69, 9.17) is 25.8 Å². The van der Waals surface area contributed by atoms with Crippen molar-refractivity contribution in [1.82, 2.24) is 10.6 Å². The second kappa shape index (κ2) is 10.8. The maximum Gasteiger partial charge on any atom is 0.336 e. The zero-order valence-electron chi connectivity index (χ0n) is 18.1. The molecule has 1 unspecified atom stereocenters. The van der Waals surface area contributed by atoms with Crippen molar-refractivity contribution in [3.05, 3.63) is 57.4 Å². The maximum atomic E-state index is 13.1. The summed E-state index contributed by atoms with van der Waals surface area (Å²) in [6, 6.07) is 7.16. The Kier molecular flexibility index (Phi) is 8.12. The van der Waals surface area contributed by atoms with Gasteiger partial charge in [-0.1, -0.05) is 29.8 Å². The third-order valence-electron chi connectivity index (χ3n) is 5.51. The molecule has 0 radical (unpaired) electrons. The molecule has 1 aromatic rings. The molecule has 31 heavy (non-hydrogen) atoms. The van der Waals surface area contributed by atoms with Gasteiger partial charge in [-0.2, -0.15) is 0 Å². The minimum absolute atomic E-state index is 0.101. The molecule has 8 heteroatoms. The van der Waals surface area contributed by atoms with Crippen LogP contribution in [0, 0.1) is 0 Å².